The molecule has 1 N–H and O–H groups in total. The lowest BCUT2D eigenvalue weighted by molar-refractivity contribution is 0.102. The van der Waals surface area contributed by atoms with Crippen LogP contribution in [0.25, 0.3) is 11.3 Å². The number of anilines is 2. The summed E-state index contributed by atoms with van der Waals surface area (Å²) in [7, 11) is -3.71. The molecule has 4 aromatic rings. The lowest BCUT2D eigenvalue weighted by atomic mass is 10.1. The predicted molar refractivity (Wildman–Crippen MR) is 131 cm³/mol. The van der Waals surface area contributed by atoms with E-state index in [4.69, 9.17) is 4.74 Å². The quantitative estimate of drug-likeness (QED) is 0.449. The normalized spacial score (nSPS) is 14.1. The van der Waals surface area contributed by atoms with Crippen LogP contribution in [0.1, 0.15) is 20.8 Å². The van der Waals surface area contributed by atoms with Crippen LogP contribution in [0.4, 0.5) is 10.8 Å². The lowest BCUT2D eigenvalue weighted by Gasteiger charge is -2.19. The van der Waals surface area contributed by atoms with E-state index in [1.165, 1.54) is 39.9 Å². The number of benzene rings is 3. The molecule has 0 saturated carbocycles. The molecule has 0 fully saturated rings. The highest BCUT2D eigenvalue weighted by Crippen LogP contribution is 2.40. The molecule has 2 aliphatic rings. The number of para-hydroxylation sites is 2. The van der Waals surface area contributed by atoms with Gasteiger partial charge in [-0.3, -0.25) is 14.4 Å². The molecule has 1 amide bonds. The van der Waals surface area contributed by atoms with E-state index in [1.807, 2.05) is 48.5 Å². The van der Waals surface area contributed by atoms with Gasteiger partial charge < -0.3 is 4.74 Å². The molecule has 2 aliphatic heterocycles. The van der Waals surface area contributed by atoms with Gasteiger partial charge in [-0.15, -0.1) is 0 Å². The smallest absolute Gasteiger partial charge is 0.264 e. The summed E-state index contributed by atoms with van der Waals surface area (Å²) in [6, 6.07) is 21.2. The molecule has 0 aliphatic carbocycles. The van der Waals surface area contributed by atoms with E-state index in [-0.39, 0.29) is 10.8 Å². The van der Waals surface area contributed by atoms with Gasteiger partial charge in [0, 0.05) is 17.7 Å². The van der Waals surface area contributed by atoms with Crippen molar-refractivity contribution in [1.82, 2.24) is 4.98 Å². The van der Waals surface area contributed by atoms with E-state index in [0.717, 1.165) is 27.4 Å². The summed E-state index contributed by atoms with van der Waals surface area (Å²) in [5.74, 6) is 0.423. The van der Waals surface area contributed by atoms with Gasteiger partial charge in [-0.05, 0) is 54.4 Å². The summed E-state index contributed by atoms with van der Waals surface area (Å²) in [6.07, 6.45) is 0.684. The van der Waals surface area contributed by atoms with Crippen molar-refractivity contribution in [3.8, 4) is 17.0 Å². The number of fused-ring (bicyclic) bond motifs is 4. The van der Waals surface area contributed by atoms with Crippen molar-refractivity contribution in [3.05, 3.63) is 88.8 Å². The second-order valence-corrected chi connectivity index (χ2v) is 11.0. The predicted octanol–water partition coefficient (Wildman–Crippen LogP) is 4.71. The fourth-order valence-corrected chi connectivity index (χ4v) is 6.66. The van der Waals surface area contributed by atoms with Crippen LogP contribution in [0.2, 0.25) is 0 Å². The van der Waals surface area contributed by atoms with Crippen molar-refractivity contribution in [1.29, 1.82) is 0 Å². The Morgan fingerprint density at radius 1 is 1.00 bits per heavy atom. The van der Waals surface area contributed by atoms with Gasteiger partial charge in [-0.25, -0.2) is 13.4 Å². The molecule has 0 unspecified atom stereocenters. The third-order valence-corrected chi connectivity index (χ3v) is 8.74. The second-order valence-electron chi connectivity index (χ2n) is 8.01. The molecule has 170 valence electrons. The highest BCUT2D eigenvalue weighted by atomic mass is 32.2. The van der Waals surface area contributed by atoms with E-state index in [0.29, 0.717) is 36.0 Å². The maximum absolute atomic E-state index is 13.2. The molecule has 7 nitrogen and oxygen atoms in total. The topological polar surface area (TPSA) is 88.6 Å². The Balaban J connectivity index is 1.21. The molecular weight excluding hydrogens is 470 g/mol. The molecular formula is C25H19N3O4S2. The SMILES string of the molecule is O=C(Nc1nc2c(s1)COc1ccccc1-2)c1ccc(S(=O)(=O)N2CCc3ccccc32)cc1. The van der Waals surface area contributed by atoms with Gasteiger partial charge in [-0.2, -0.15) is 0 Å². The number of sulfonamides is 1. The first kappa shape index (κ1) is 20.9. The summed E-state index contributed by atoms with van der Waals surface area (Å²) in [4.78, 5) is 18.5. The Labute approximate surface area is 200 Å². The third kappa shape index (κ3) is 3.44. The zero-order valence-corrected chi connectivity index (χ0v) is 19.5. The standard InChI is InChI=1S/C25H19N3O4S2/c29-24(27-25-26-23-19-6-2-4-8-21(19)32-15-22(23)33-25)17-9-11-18(12-10-17)34(30,31)28-14-13-16-5-1-3-7-20(16)28/h1-12H,13-15H2,(H,26,27,29). The molecule has 34 heavy (non-hydrogen) atoms. The molecule has 0 bridgehead atoms. The van der Waals surface area contributed by atoms with Crippen LogP contribution in [0.15, 0.2) is 77.7 Å². The van der Waals surface area contributed by atoms with E-state index in [1.54, 1.807) is 0 Å². The van der Waals surface area contributed by atoms with E-state index < -0.39 is 10.0 Å². The van der Waals surface area contributed by atoms with Crippen molar-refractivity contribution in [2.75, 3.05) is 16.2 Å². The van der Waals surface area contributed by atoms with Crippen LogP contribution < -0.4 is 14.4 Å². The summed E-state index contributed by atoms with van der Waals surface area (Å²) in [5.41, 5.74) is 3.79. The monoisotopic (exact) mass is 489 g/mol. The minimum atomic E-state index is -3.71. The maximum atomic E-state index is 13.2. The number of nitrogens with one attached hydrogen (secondary N) is 1. The molecule has 1 aromatic heterocycles. The van der Waals surface area contributed by atoms with E-state index in [9.17, 15) is 13.2 Å². The fraction of sp³-hybridized carbons (Fsp3) is 0.120. The van der Waals surface area contributed by atoms with Crippen molar-refractivity contribution in [2.24, 2.45) is 0 Å². The van der Waals surface area contributed by atoms with Gasteiger partial charge in [0.25, 0.3) is 15.9 Å². The maximum Gasteiger partial charge on any atom is 0.264 e. The molecule has 3 heterocycles. The molecule has 0 atom stereocenters. The van der Waals surface area contributed by atoms with E-state index in [2.05, 4.69) is 10.3 Å². The summed E-state index contributed by atoms with van der Waals surface area (Å²) < 4.78 is 33.6. The average molecular weight is 490 g/mol. The molecule has 6 rings (SSSR count). The van der Waals surface area contributed by atoms with Crippen LogP contribution in [0.5, 0.6) is 5.75 Å². The fourth-order valence-electron chi connectivity index (χ4n) is 4.28. The van der Waals surface area contributed by atoms with Gasteiger partial charge in [0.2, 0.25) is 0 Å². The number of thiazole rings is 1. The highest BCUT2D eigenvalue weighted by molar-refractivity contribution is 7.92. The van der Waals surface area contributed by atoms with Gasteiger partial charge in [0.1, 0.15) is 12.4 Å². The Hall–Kier alpha value is -3.69. The van der Waals surface area contributed by atoms with Crippen LogP contribution in [0.3, 0.4) is 0 Å². The first-order valence-electron chi connectivity index (χ1n) is 10.7. The number of aromatic nitrogens is 1. The Morgan fingerprint density at radius 2 is 1.76 bits per heavy atom. The minimum absolute atomic E-state index is 0.152. The number of hydrogen-bond acceptors (Lipinski definition) is 6. The number of amides is 1. The van der Waals surface area contributed by atoms with Crippen molar-refractivity contribution in [2.45, 2.75) is 17.9 Å². The van der Waals surface area contributed by atoms with E-state index >= 15 is 0 Å². The number of carbonyl (C=O) groups excluding carboxylic acids is 1. The number of ether oxygens (including phenoxy) is 1. The highest BCUT2D eigenvalue weighted by Gasteiger charge is 2.30. The first-order chi connectivity index (χ1) is 16.5. The van der Waals surface area contributed by atoms with Crippen molar-refractivity contribution >= 4 is 38.1 Å². The second kappa shape index (κ2) is 7.96. The molecule has 0 spiro atoms. The number of nitrogens with zero attached hydrogens (tertiary/aromatic N) is 2. The molecule has 3 aromatic carbocycles. The first-order valence-corrected chi connectivity index (χ1v) is 13.0. The number of hydrogen-bond donors (Lipinski definition) is 1. The zero-order valence-electron chi connectivity index (χ0n) is 17.9. The van der Waals surface area contributed by atoms with Crippen molar-refractivity contribution < 1.29 is 17.9 Å². The summed E-state index contributed by atoms with van der Waals surface area (Å²) in [6.45, 7) is 0.817. The van der Waals surface area contributed by atoms with Crippen LogP contribution in [-0.4, -0.2) is 25.9 Å². The average Bonchev–Trinajstić information content (AvgIpc) is 3.48. The molecule has 9 heteroatoms. The molecule has 0 saturated heterocycles. The molecule has 0 radical (unpaired) electrons. The van der Waals surface area contributed by atoms with Gasteiger partial charge in [0.05, 0.1) is 21.2 Å². The Kier molecular flexibility index (Phi) is 4.89. The zero-order chi connectivity index (χ0) is 23.3. The summed E-state index contributed by atoms with van der Waals surface area (Å²) >= 11 is 1.37. The lowest BCUT2D eigenvalue weighted by Crippen LogP contribution is -2.29. The Bertz CT molecular complexity index is 1530. The van der Waals surface area contributed by atoms with Crippen LogP contribution in [0, 0.1) is 0 Å². The van der Waals surface area contributed by atoms with Gasteiger partial charge in [-0.1, -0.05) is 41.7 Å². The van der Waals surface area contributed by atoms with Gasteiger partial charge in [0.15, 0.2) is 5.13 Å². The number of rotatable bonds is 4. The largest absolute Gasteiger partial charge is 0.487 e. The van der Waals surface area contributed by atoms with Crippen LogP contribution >= 0.6 is 11.3 Å². The van der Waals surface area contributed by atoms with Gasteiger partial charge >= 0.3 is 0 Å². The third-order valence-electron chi connectivity index (χ3n) is 5.97. The van der Waals surface area contributed by atoms with Crippen LogP contribution in [-0.2, 0) is 23.1 Å². The Morgan fingerprint density at radius 3 is 2.62 bits per heavy atom. The minimum Gasteiger partial charge on any atom is -0.487 e. The van der Waals surface area contributed by atoms with Crippen molar-refractivity contribution in [3.63, 3.8) is 0 Å². The number of carbonyl (C=O) groups is 1. The summed E-state index contributed by atoms with van der Waals surface area (Å²) in [5, 5.41) is 3.30.